The molecule has 3 rings (SSSR count). The second-order valence-electron chi connectivity index (χ2n) is 6.15. The third kappa shape index (κ3) is 4.50. The Hall–Kier alpha value is -3.32. The van der Waals surface area contributed by atoms with Crippen molar-refractivity contribution in [2.75, 3.05) is 17.1 Å². The van der Waals surface area contributed by atoms with Gasteiger partial charge in [0.2, 0.25) is 0 Å². The lowest BCUT2D eigenvalue weighted by molar-refractivity contribution is 0.102. The predicted octanol–water partition coefficient (Wildman–Crippen LogP) is 4.06. The monoisotopic (exact) mass is 396 g/mol. The molecular formula is C21H20N2O4S. The Morgan fingerprint density at radius 2 is 1.64 bits per heavy atom. The molecule has 3 aromatic rings. The van der Waals surface area contributed by atoms with Gasteiger partial charge in [-0.25, -0.2) is 8.42 Å². The number of carbonyl (C=O) groups excluding carboxylic acids is 1. The number of ether oxygens (including phenoxy) is 1. The van der Waals surface area contributed by atoms with Crippen LogP contribution in [0.1, 0.15) is 15.9 Å². The van der Waals surface area contributed by atoms with E-state index in [4.69, 9.17) is 4.74 Å². The number of anilines is 2. The largest absolute Gasteiger partial charge is 0.497 e. The fraction of sp³-hybridized carbons (Fsp3) is 0.0952. The van der Waals surface area contributed by atoms with Gasteiger partial charge in [0.15, 0.2) is 0 Å². The molecule has 1 amide bonds. The van der Waals surface area contributed by atoms with E-state index in [1.54, 1.807) is 60.7 Å². The van der Waals surface area contributed by atoms with Gasteiger partial charge in [0.25, 0.3) is 15.9 Å². The molecule has 0 radical (unpaired) electrons. The summed E-state index contributed by atoms with van der Waals surface area (Å²) in [5, 5.41) is 2.75. The molecule has 144 valence electrons. The minimum atomic E-state index is -3.82. The van der Waals surface area contributed by atoms with Crippen molar-refractivity contribution < 1.29 is 17.9 Å². The van der Waals surface area contributed by atoms with E-state index in [1.165, 1.54) is 19.2 Å². The molecule has 0 aliphatic carbocycles. The van der Waals surface area contributed by atoms with Crippen LogP contribution < -0.4 is 14.8 Å². The van der Waals surface area contributed by atoms with Crippen molar-refractivity contribution in [1.82, 2.24) is 0 Å². The van der Waals surface area contributed by atoms with Crippen LogP contribution >= 0.6 is 0 Å². The highest BCUT2D eigenvalue weighted by Crippen LogP contribution is 2.23. The van der Waals surface area contributed by atoms with Gasteiger partial charge in [-0.1, -0.05) is 35.9 Å². The van der Waals surface area contributed by atoms with E-state index < -0.39 is 15.9 Å². The van der Waals surface area contributed by atoms with Crippen molar-refractivity contribution in [2.24, 2.45) is 0 Å². The standard InChI is InChI=1S/C21H20N2O4S/c1-15-10-12-18(13-11-15)28(25,26)23-20-9-4-3-8-19(20)21(24)22-16-6-5-7-17(14-16)27-2/h3-14,23H,1-2H3,(H,22,24). The Morgan fingerprint density at radius 1 is 0.929 bits per heavy atom. The van der Waals surface area contributed by atoms with Crippen molar-refractivity contribution in [3.8, 4) is 5.75 Å². The summed E-state index contributed by atoms with van der Waals surface area (Å²) in [7, 11) is -2.28. The van der Waals surface area contributed by atoms with Crippen molar-refractivity contribution >= 4 is 27.3 Å². The maximum atomic E-state index is 12.7. The normalized spacial score (nSPS) is 10.9. The summed E-state index contributed by atoms with van der Waals surface area (Å²) < 4.78 is 33.0. The van der Waals surface area contributed by atoms with Crippen molar-refractivity contribution in [3.05, 3.63) is 83.9 Å². The molecule has 2 N–H and O–H groups in total. The Labute approximate surface area is 164 Å². The van der Waals surface area contributed by atoms with Crippen LogP contribution in [0.5, 0.6) is 5.75 Å². The van der Waals surface area contributed by atoms with Gasteiger partial charge in [-0.3, -0.25) is 9.52 Å². The molecule has 6 nitrogen and oxygen atoms in total. The lowest BCUT2D eigenvalue weighted by Gasteiger charge is -2.13. The van der Waals surface area contributed by atoms with Crippen LogP contribution in [-0.2, 0) is 10.0 Å². The molecule has 0 bridgehead atoms. The number of carbonyl (C=O) groups is 1. The molecule has 0 aliphatic rings. The zero-order valence-corrected chi connectivity index (χ0v) is 16.3. The Balaban J connectivity index is 1.86. The van der Waals surface area contributed by atoms with E-state index >= 15 is 0 Å². The summed E-state index contributed by atoms with van der Waals surface area (Å²) in [5.41, 5.74) is 1.90. The van der Waals surface area contributed by atoms with Crippen LogP contribution in [0.15, 0.2) is 77.7 Å². The summed E-state index contributed by atoms with van der Waals surface area (Å²) in [6.45, 7) is 1.88. The van der Waals surface area contributed by atoms with Crippen LogP contribution in [0, 0.1) is 6.92 Å². The van der Waals surface area contributed by atoms with E-state index in [2.05, 4.69) is 10.0 Å². The third-order valence-corrected chi connectivity index (χ3v) is 5.46. The average Bonchev–Trinajstić information content (AvgIpc) is 2.68. The minimum absolute atomic E-state index is 0.126. The first-order valence-electron chi connectivity index (χ1n) is 8.53. The molecule has 7 heteroatoms. The van der Waals surface area contributed by atoms with Crippen molar-refractivity contribution in [2.45, 2.75) is 11.8 Å². The van der Waals surface area contributed by atoms with Gasteiger partial charge in [-0.15, -0.1) is 0 Å². The lowest BCUT2D eigenvalue weighted by Crippen LogP contribution is -2.18. The SMILES string of the molecule is COc1cccc(NC(=O)c2ccccc2NS(=O)(=O)c2ccc(C)cc2)c1. The number of rotatable bonds is 6. The topological polar surface area (TPSA) is 84.5 Å². The maximum absolute atomic E-state index is 12.7. The van der Waals surface area contributed by atoms with Gasteiger partial charge in [0.1, 0.15) is 5.75 Å². The second-order valence-corrected chi connectivity index (χ2v) is 7.83. The molecule has 0 spiro atoms. The fourth-order valence-corrected chi connectivity index (χ4v) is 3.67. The number of nitrogens with one attached hydrogen (secondary N) is 2. The minimum Gasteiger partial charge on any atom is -0.497 e. The average molecular weight is 396 g/mol. The summed E-state index contributed by atoms with van der Waals surface area (Å²) in [6.07, 6.45) is 0. The second kappa shape index (κ2) is 8.14. The highest BCUT2D eigenvalue weighted by molar-refractivity contribution is 7.92. The van der Waals surface area contributed by atoms with E-state index in [0.29, 0.717) is 11.4 Å². The van der Waals surface area contributed by atoms with Crippen LogP contribution in [0.3, 0.4) is 0 Å². The quantitative estimate of drug-likeness (QED) is 0.658. The number of aryl methyl sites for hydroxylation is 1. The summed E-state index contributed by atoms with van der Waals surface area (Å²) >= 11 is 0. The number of hydrogen-bond donors (Lipinski definition) is 2. The van der Waals surface area contributed by atoms with Gasteiger partial charge >= 0.3 is 0 Å². The summed E-state index contributed by atoms with van der Waals surface area (Å²) in [6, 6.07) is 19.8. The highest BCUT2D eigenvalue weighted by Gasteiger charge is 2.18. The number of hydrogen-bond acceptors (Lipinski definition) is 4. The van der Waals surface area contributed by atoms with E-state index in [9.17, 15) is 13.2 Å². The van der Waals surface area contributed by atoms with Crippen LogP contribution in [0.2, 0.25) is 0 Å². The zero-order chi connectivity index (χ0) is 20.1. The summed E-state index contributed by atoms with van der Waals surface area (Å²) in [5.74, 6) is 0.168. The zero-order valence-electron chi connectivity index (χ0n) is 15.5. The number of benzene rings is 3. The summed E-state index contributed by atoms with van der Waals surface area (Å²) in [4.78, 5) is 12.8. The van der Waals surface area contributed by atoms with Gasteiger partial charge in [0.05, 0.1) is 23.3 Å². The fourth-order valence-electron chi connectivity index (χ4n) is 2.59. The number of sulfonamides is 1. The molecule has 0 saturated carbocycles. The molecule has 0 aliphatic heterocycles. The smallest absolute Gasteiger partial charge is 0.261 e. The Bertz CT molecular complexity index is 1090. The molecular weight excluding hydrogens is 376 g/mol. The van der Waals surface area contributed by atoms with Crippen molar-refractivity contribution in [3.63, 3.8) is 0 Å². The highest BCUT2D eigenvalue weighted by atomic mass is 32.2. The van der Waals surface area contributed by atoms with Crippen LogP contribution in [0.4, 0.5) is 11.4 Å². The maximum Gasteiger partial charge on any atom is 0.261 e. The molecule has 0 aromatic heterocycles. The molecule has 0 fully saturated rings. The molecule has 3 aromatic carbocycles. The van der Waals surface area contributed by atoms with Crippen LogP contribution in [0.25, 0.3) is 0 Å². The van der Waals surface area contributed by atoms with Gasteiger partial charge in [-0.05, 0) is 43.3 Å². The first-order valence-corrected chi connectivity index (χ1v) is 10.0. The van der Waals surface area contributed by atoms with E-state index in [-0.39, 0.29) is 16.1 Å². The number of methoxy groups -OCH3 is 1. The van der Waals surface area contributed by atoms with Gasteiger partial charge < -0.3 is 10.1 Å². The number of amides is 1. The van der Waals surface area contributed by atoms with Gasteiger partial charge in [0, 0.05) is 11.8 Å². The third-order valence-electron chi connectivity index (χ3n) is 4.07. The van der Waals surface area contributed by atoms with E-state index in [1.807, 2.05) is 6.92 Å². The predicted molar refractivity (Wildman–Crippen MR) is 109 cm³/mol. The van der Waals surface area contributed by atoms with Gasteiger partial charge in [-0.2, -0.15) is 0 Å². The Kier molecular flexibility index (Phi) is 5.65. The molecule has 0 atom stereocenters. The number of para-hydroxylation sites is 1. The molecule has 28 heavy (non-hydrogen) atoms. The first kappa shape index (κ1) is 19.4. The van der Waals surface area contributed by atoms with Crippen molar-refractivity contribution in [1.29, 1.82) is 0 Å². The molecule has 0 heterocycles. The molecule has 0 unspecified atom stereocenters. The molecule has 0 saturated heterocycles. The van der Waals surface area contributed by atoms with E-state index in [0.717, 1.165) is 5.56 Å². The first-order chi connectivity index (χ1) is 13.4. The lowest BCUT2D eigenvalue weighted by atomic mass is 10.1. The van der Waals surface area contributed by atoms with Crippen LogP contribution in [-0.4, -0.2) is 21.4 Å². The Morgan fingerprint density at radius 3 is 2.36 bits per heavy atom.